The Balaban J connectivity index is 1.73. The quantitative estimate of drug-likeness (QED) is 0.782. The summed E-state index contributed by atoms with van der Waals surface area (Å²) >= 11 is 0. The summed E-state index contributed by atoms with van der Waals surface area (Å²) in [6.07, 6.45) is 2.69. The third kappa shape index (κ3) is 3.04. The third-order valence-electron chi connectivity index (χ3n) is 4.37. The van der Waals surface area contributed by atoms with E-state index in [1.807, 2.05) is 37.7 Å². The van der Waals surface area contributed by atoms with Crippen molar-refractivity contribution in [3.63, 3.8) is 0 Å². The maximum Gasteiger partial charge on any atom is 0.220 e. The average molecular weight is 326 g/mol. The summed E-state index contributed by atoms with van der Waals surface area (Å²) in [7, 11) is 1.91. The number of amides is 1. The van der Waals surface area contributed by atoms with Crippen LogP contribution in [0.3, 0.4) is 0 Å². The minimum absolute atomic E-state index is 0.00760. The SMILES string of the molecule is Cc1nc2c(c(C)nn2C)c(C)c1CCC(=O)NCc1ccco1. The summed E-state index contributed by atoms with van der Waals surface area (Å²) < 4.78 is 7.02. The largest absolute Gasteiger partial charge is 0.467 e. The van der Waals surface area contributed by atoms with Crippen LogP contribution in [-0.4, -0.2) is 20.7 Å². The summed E-state index contributed by atoms with van der Waals surface area (Å²) in [6, 6.07) is 3.66. The zero-order valence-electron chi connectivity index (χ0n) is 14.5. The second kappa shape index (κ2) is 6.47. The molecule has 3 aromatic heterocycles. The molecule has 0 spiro atoms. The molecule has 3 aromatic rings. The van der Waals surface area contributed by atoms with Crippen LogP contribution in [0.5, 0.6) is 0 Å². The summed E-state index contributed by atoms with van der Waals surface area (Å²) in [5, 5.41) is 8.42. The standard InChI is InChI=1S/C18H22N4O2/c1-11-15(7-8-16(23)19-10-14-6-5-9-24-14)12(2)20-18-17(11)13(3)21-22(18)4/h5-6,9H,7-8,10H2,1-4H3,(H,19,23). The van der Waals surface area contributed by atoms with E-state index < -0.39 is 0 Å². The molecule has 0 fully saturated rings. The van der Waals surface area contributed by atoms with Crippen molar-refractivity contribution in [1.29, 1.82) is 0 Å². The fourth-order valence-corrected chi connectivity index (χ4v) is 3.16. The van der Waals surface area contributed by atoms with Gasteiger partial charge in [-0.15, -0.1) is 0 Å². The van der Waals surface area contributed by atoms with Gasteiger partial charge in [-0.05, 0) is 50.5 Å². The lowest BCUT2D eigenvalue weighted by atomic mass is 9.99. The van der Waals surface area contributed by atoms with Crippen LogP contribution in [0.2, 0.25) is 0 Å². The summed E-state index contributed by atoms with van der Waals surface area (Å²) in [5.74, 6) is 0.762. The van der Waals surface area contributed by atoms with Gasteiger partial charge in [-0.25, -0.2) is 4.98 Å². The second-order valence-corrected chi connectivity index (χ2v) is 6.06. The molecule has 0 aromatic carbocycles. The molecule has 0 bridgehead atoms. The normalized spacial score (nSPS) is 11.2. The lowest BCUT2D eigenvalue weighted by molar-refractivity contribution is -0.121. The first-order valence-electron chi connectivity index (χ1n) is 8.06. The second-order valence-electron chi connectivity index (χ2n) is 6.06. The number of carbonyl (C=O) groups excluding carboxylic acids is 1. The molecule has 0 unspecified atom stereocenters. The fourth-order valence-electron chi connectivity index (χ4n) is 3.16. The van der Waals surface area contributed by atoms with Crippen LogP contribution in [-0.2, 0) is 24.8 Å². The highest BCUT2D eigenvalue weighted by Gasteiger charge is 2.16. The monoisotopic (exact) mass is 326 g/mol. The van der Waals surface area contributed by atoms with Crippen LogP contribution in [0, 0.1) is 20.8 Å². The van der Waals surface area contributed by atoms with Gasteiger partial charge >= 0.3 is 0 Å². The van der Waals surface area contributed by atoms with Crippen LogP contribution in [0.4, 0.5) is 0 Å². The van der Waals surface area contributed by atoms with Crippen LogP contribution in [0.15, 0.2) is 22.8 Å². The van der Waals surface area contributed by atoms with E-state index in [1.54, 1.807) is 6.26 Å². The van der Waals surface area contributed by atoms with Crippen molar-refractivity contribution in [2.75, 3.05) is 0 Å². The lowest BCUT2D eigenvalue weighted by Gasteiger charge is -2.11. The number of aryl methyl sites for hydroxylation is 4. The minimum Gasteiger partial charge on any atom is -0.467 e. The van der Waals surface area contributed by atoms with E-state index in [1.165, 1.54) is 5.56 Å². The number of nitrogens with zero attached hydrogens (tertiary/aromatic N) is 3. The van der Waals surface area contributed by atoms with Gasteiger partial charge in [0.05, 0.1) is 18.5 Å². The van der Waals surface area contributed by atoms with E-state index in [9.17, 15) is 4.79 Å². The maximum atomic E-state index is 12.1. The molecule has 0 radical (unpaired) electrons. The van der Waals surface area contributed by atoms with Gasteiger partial charge in [0, 0.05) is 24.5 Å². The first-order valence-corrected chi connectivity index (χ1v) is 8.06. The highest BCUT2D eigenvalue weighted by Crippen LogP contribution is 2.25. The zero-order valence-corrected chi connectivity index (χ0v) is 14.5. The molecular formula is C18H22N4O2. The number of fused-ring (bicyclic) bond motifs is 1. The Morgan fingerprint density at radius 1 is 1.29 bits per heavy atom. The summed E-state index contributed by atoms with van der Waals surface area (Å²) in [4.78, 5) is 16.8. The van der Waals surface area contributed by atoms with E-state index in [0.29, 0.717) is 19.4 Å². The van der Waals surface area contributed by atoms with E-state index in [2.05, 4.69) is 22.3 Å². The van der Waals surface area contributed by atoms with Crippen LogP contribution >= 0.6 is 0 Å². The molecule has 1 N–H and O–H groups in total. The Labute approximate surface area is 140 Å². The van der Waals surface area contributed by atoms with Crippen molar-refractivity contribution in [2.24, 2.45) is 7.05 Å². The number of carbonyl (C=O) groups is 1. The molecule has 0 saturated heterocycles. The van der Waals surface area contributed by atoms with E-state index in [0.717, 1.165) is 33.7 Å². The molecule has 0 aliphatic heterocycles. The first-order chi connectivity index (χ1) is 11.5. The van der Waals surface area contributed by atoms with Crippen molar-refractivity contribution in [1.82, 2.24) is 20.1 Å². The topological polar surface area (TPSA) is 73.0 Å². The molecule has 0 aliphatic carbocycles. The van der Waals surface area contributed by atoms with Gasteiger partial charge in [0.15, 0.2) is 5.65 Å². The van der Waals surface area contributed by atoms with Gasteiger partial charge in [-0.1, -0.05) is 0 Å². The Kier molecular flexibility index (Phi) is 4.38. The van der Waals surface area contributed by atoms with Gasteiger partial charge in [-0.2, -0.15) is 5.10 Å². The molecule has 0 aliphatic rings. The van der Waals surface area contributed by atoms with Crippen LogP contribution < -0.4 is 5.32 Å². The van der Waals surface area contributed by atoms with Crippen molar-refractivity contribution in [3.8, 4) is 0 Å². The Bertz CT molecular complexity index is 878. The van der Waals surface area contributed by atoms with Crippen molar-refractivity contribution in [2.45, 2.75) is 40.2 Å². The average Bonchev–Trinajstić information content (AvgIpc) is 3.13. The molecule has 0 saturated carbocycles. The highest BCUT2D eigenvalue weighted by molar-refractivity contribution is 5.84. The Hall–Kier alpha value is -2.63. The highest BCUT2D eigenvalue weighted by atomic mass is 16.3. The van der Waals surface area contributed by atoms with E-state index >= 15 is 0 Å². The molecule has 126 valence electrons. The number of rotatable bonds is 5. The van der Waals surface area contributed by atoms with Gasteiger partial charge in [0.25, 0.3) is 0 Å². The van der Waals surface area contributed by atoms with Gasteiger partial charge in [0.2, 0.25) is 5.91 Å². The number of aromatic nitrogens is 3. The fraction of sp³-hybridized carbons (Fsp3) is 0.389. The summed E-state index contributed by atoms with van der Waals surface area (Å²) in [6.45, 7) is 6.49. The molecule has 6 nitrogen and oxygen atoms in total. The van der Waals surface area contributed by atoms with Crippen LogP contribution in [0.25, 0.3) is 11.0 Å². The first kappa shape index (κ1) is 16.2. The number of nitrogens with one attached hydrogen (secondary N) is 1. The molecule has 6 heteroatoms. The Morgan fingerprint density at radius 2 is 2.08 bits per heavy atom. The molecule has 1 amide bonds. The van der Waals surface area contributed by atoms with E-state index in [-0.39, 0.29) is 5.91 Å². The minimum atomic E-state index is 0.00760. The van der Waals surface area contributed by atoms with Crippen molar-refractivity contribution < 1.29 is 9.21 Å². The number of hydrogen-bond donors (Lipinski definition) is 1. The molecule has 24 heavy (non-hydrogen) atoms. The van der Waals surface area contributed by atoms with E-state index in [4.69, 9.17) is 4.42 Å². The smallest absolute Gasteiger partial charge is 0.220 e. The number of furan rings is 1. The predicted octanol–water partition coefficient (Wildman–Crippen LogP) is 2.74. The summed E-state index contributed by atoms with van der Waals surface area (Å²) in [5.41, 5.74) is 5.13. The molecule has 0 atom stereocenters. The molecule has 3 heterocycles. The van der Waals surface area contributed by atoms with Crippen LogP contribution in [0.1, 0.15) is 34.7 Å². The zero-order chi connectivity index (χ0) is 17.3. The predicted molar refractivity (Wildman–Crippen MR) is 91.6 cm³/mol. The van der Waals surface area contributed by atoms with Gasteiger partial charge in [0.1, 0.15) is 5.76 Å². The number of hydrogen-bond acceptors (Lipinski definition) is 4. The van der Waals surface area contributed by atoms with Gasteiger partial charge < -0.3 is 9.73 Å². The van der Waals surface area contributed by atoms with Gasteiger partial charge in [-0.3, -0.25) is 9.48 Å². The Morgan fingerprint density at radius 3 is 2.79 bits per heavy atom. The molecule has 3 rings (SSSR count). The maximum absolute atomic E-state index is 12.1. The number of pyridine rings is 1. The lowest BCUT2D eigenvalue weighted by Crippen LogP contribution is -2.23. The van der Waals surface area contributed by atoms with Crippen molar-refractivity contribution >= 4 is 16.9 Å². The van der Waals surface area contributed by atoms with Crippen molar-refractivity contribution in [3.05, 3.63) is 46.7 Å². The third-order valence-corrected chi connectivity index (χ3v) is 4.37. The molecular weight excluding hydrogens is 304 g/mol.